The van der Waals surface area contributed by atoms with Gasteiger partial charge in [-0.3, -0.25) is 9.69 Å². The molecule has 2 aromatic carbocycles. The molecule has 1 aliphatic carbocycles. The molecule has 2 N–H and O–H groups in total. The molecule has 0 unspecified atom stereocenters. The van der Waals surface area contributed by atoms with E-state index < -0.39 is 0 Å². The van der Waals surface area contributed by atoms with E-state index in [1.165, 1.54) is 11.1 Å². The topological polar surface area (TPSA) is 53.6 Å². The summed E-state index contributed by atoms with van der Waals surface area (Å²) < 4.78 is 5.55. The first kappa shape index (κ1) is 21.6. The molecule has 3 atom stereocenters. The third-order valence-corrected chi connectivity index (χ3v) is 7.90. The zero-order valence-corrected chi connectivity index (χ0v) is 18.9. The van der Waals surface area contributed by atoms with Crippen LogP contribution in [0.15, 0.2) is 54.6 Å². The summed E-state index contributed by atoms with van der Waals surface area (Å²) in [5.74, 6) is 0.702. The maximum absolute atomic E-state index is 13.5. The van der Waals surface area contributed by atoms with Gasteiger partial charge >= 0.3 is 0 Å². The molecule has 3 aliphatic rings. The van der Waals surface area contributed by atoms with E-state index in [1.807, 2.05) is 6.07 Å². The summed E-state index contributed by atoms with van der Waals surface area (Å²) >= 11 is 0. The van der Waals surface area contributed by atoms with Gasteiger partial charge in [-0.05, 0) is 54.8 Å². The van der Waals surface area contributed by atoms with E-state index in [-0.39, 0.29) is 11.3 Å². The Morgan fingerprint density at radius 1 is 1.03 bits per heavy atom. The average Bonchev–Trinajstić information content (AvgIpc) is 2.88. The number of hydrogen-bond acceptors (Lipinski definition) is 4. The number of amides is 1. The van der Waals surface area contributed by atoms with Crippen molar-refractivity contribution in [2.75, 3.05) is 39.4 Å². The fraction of sp³-hybridized carbons (Fsp3) is 0.519. The summed E-state index contributed by atoms with van der Waals surface area (Å²) in [6.45, 7) is 6.19. The van der Waals surface area contributed by atoms with Gasteiger partial charge in [0.2, 0.25) is 5.91 Å². The number of ether oxygens (including phenoxy) is 1. The van der Waals surface area contributed by atoms with Crippen molar-refractivity contribution in [2.24, 2.45) is 11.3 Å². The van der Waals surface area contributed by atoms with E-state index in [9.17, 15) is 4.79 Å². The van der Waals surface area contributed by atoms with Crippen LogP contribution in [0.4, 0.5) is 0 Å². The molecule has 0 aromatic heterocycles. The van der Waals surface area contributed by atoms with Crippen molar-refractivity contribution < 1.29 is 9.53 Å². The minimum absolute atomic E-state index is 0.238. The Morgan fingerprint density at radius 2 is 1.78 bits per heavy atom. The van der Waals surface area contributed by atoms with Crippen LogP contribution in [0.5, 0.6) is 0 Å². The van der Waals surface area contributed by atoms with Crippen LogP contribution < -0.4 is 10.6 Å². The van der Waals surface area contributed by atoms with Crippen LogP contribution in [0, 0.1) is 11.3 Å². The lowest BCUT2D eigenvalue weighted by molar-refractivity contribution is -0.140. The number of nitrogens with one attached hydrogen (secondary N) is 2. The molecular weight excluding hydrogens is 398 g/mol. The molecule has 5 nitrogen and oxygen atoms in total. The molecule has 1 saturated carbocycles. The second-order valence-corrected chi connectivity index (χ2v) is 9.64. The van der Waals surface area contributed by atoms with Gasteiger partial charge in [-0.2, -0.15) is 0 Å². The van der Waals surface area contributed by atoms with Crippen molar-refractivity contribution in [2.45, 2.75) is 38.3 Å². The van der Waals surface area contributed by atoms with Crippen LogP contribution >= 0.6 is 0 Å². The van der Waals surface area contributed by atoms with Gasteiger partial charge in [0.25, 0.3) is 0 Å². The molecule has 0 spiro atoms. The van der Waals surface area contributed by atoms with E-state index in [4.69, 9.17) is 4.74 Å². The Balaban J connectivity index is 1.22. The predicted octanol–water partition coefficient (Wildman–Crippen LogP) is 3.45. The molecule has 170 valence electrons. The van der Waals surface area contributed by atoms with E-state index in [1.54, 1.807) is 0 Å². The smallest absolute Gasteiger partial charge is 0.228 e. The Labute approximate surface area is 191 Å². The lowest BCUT2D eigenvalue weighted by atomic mass is 9.61. The maximum atomic E-state index is 13.5. The second-order valence-electron chi connectivity index (χ2n) is 9.64. The number of carbonyl (C=O) groups is 1. The number of carbonyl (C=O) groups excluding carboxylic acids is 1. The molecule has 5 heteroatoms. The summed E-state index contributed by atoms with van der Waals surface area (Å²) in [5, 5.41) is 6.83. The van der Waals surface area contributed by atoms with Crippen LogP contribution in [0.25, 0.3) is 11.1 Å². The molecule has 2 heterocycles. The highest BCUT2D eigenvalue weighted by atomic mass is 16.5. The fourth-order valence-corrected chi connectivity index (χ4v) is 5.97. The van der Waals surface area contributed by atoms with E-state index in [0.29, 0.717) is 18.5 Å². The van der Waals surface area contributed by atoms with Gasteiger partial charge < -0.3 is 15.4 Å². The number of benzene rings is 2. The molecular formula is C27H35N3O2. The summed E-state index contributed by atoms with van der Waals surface area (Å²) in [6.07, 6.45) is 4.32. The Bertz CT molecular complexity index is 895. The predicted molar refractivity (Wildman–Crippen MR) is 127 cm³/mol. The van der Waals surface area contributed by atoms with Crippen molar-refractivity contribution >= 4 is 5.91 Å². The van der Waals surface area contributed by atoms with Gasteiger partial charge in [0.1, 0.15) is 0 Å². The standard InChI is InChI=1S/C27H35N3O2/c31-26(29-19-21-6-8-23(9-7-21)22-4-2-1-3-5-22)27-12-10-25(30-14-16-32-17-15-30)18-24(27)11-13-28-20-27/h1-9,24-25,28H,10-20H2,(H,29,31)/t24-,25+,27-/m1/s1. The molecule has 0 bridgehead atoms. The first-order valence-corrected chi connectivity index (χ1v) is 12.2. The normalized spacial score (nSPS) is 28.6. The van der Waals surface area contributed by atoms with Gasteiger partial charge in [0.05, 0.1) is 18.6 Å². The molecule has 2 aromatic rings. The molecule has 5 rings (SSSR count). The number of fused-ring (bicyclic) bond motifs is 1. The zero-order chi connectivity index (χ0) is 21.8. The van der Waals surface area contributed by atoms with Crippen molar-refractivity contribution in [3.8, 4) is 11.1 Å². The molecule has 1 amide bonds. The summed E-state index contributed by atoms with van der Waals surface area (Å²) in [5.41, 5.74) is 3.31. The Morgan fingerprint density at radius 3 is 2.56 bits per heavy atom. The Hall–Kier alpha value is -2.21. The van der Waals surface area contributed by atoms with Crippen LogP contribution in [-0.4, -0.2) is 56.2 Å². The largest absolute Gasteiger partial charge is 0.379 e. The highest BCUT2D eigenvalue weighted by Crippen LogP contribution is 2.46. The maximum Gasteiger partial charge on any atom is 0.228 e. The number of rotatable bonds is 5. The van der Waals surface area contributed by atoms with Crippen molar-refractivity contribution in [3.63, 3.8) is 0 Å². The summed E-state index contributed by atoms with van der Waals surface area (Å²) in [7, 11) is 0. The van der Waals surface area contributed by atoms with Crippen LogP contribution in [0.2, 0.25) is 0 Å². The fourth-order valence-electron chi connectivity index (χ4n) is 5.97. The third-order valence-electron chi connectivity index (χ3n) is 7.90. The highest BCUT2D eigenvalue weighted by molar-refractivity contribution is 5.83. The first-order valence-electron chi connectivity index (χ1n) is 12.2. The van der Waals surface area contributed by atoms with Crippen LogP contribution in [-0.2, 0) is 16.1 Å². The number of nitrogens with zero attached hydrogens (tertiary/aromatic N) is 1. The van der Waals surface area contributed by atoms with Gasteiger partial charge in [0.15, 0.2) is 0 Å². The van der Waals surface area contributed by atoms with Crippen LogP contribution in [0.1, 0.15) is 31.2 Å². The number of morpholine rings is 1. The SMILES string of the molecule is O=C(NCc1ccc(-c2ccccc2)cc1)[C@@]12CC[C@H](N3CCOCC3)C[C@H]1CCNC2. The average molecular weight is 434 g/mol. The van der Waals surface area contributed by atoms with E-state index >= 15 is 0 Å². The second kappa shape index (κ2) is 9.74. The minimum Gasteiger partial charge on any atom is -0.379 e. The number of hydrogen-bond donors (Lipinski definition) is 2. The van der Waals surface area contributed by atoms with Crippen molar-refractivity contribution in [1.82, 2.24) is 15.5 Å². The van der Waals surface area contributed by atoms with Crippen LogP contribution in [0.3, 0.4) is 0 Å². The van der Waals surface area contributed by atoms with Gasteiger partial charge in [-0.25, -0.2) is 0 Å². The van der Waals surface area contributed by atoms with E-state index in [2.05, 4.69) is 64.1 Å². The van der Waals surface area contributed by atoms with Crippen molar-refractivity contribution in [3.05, 3.63) is 60.2 Å². The quantitative estimate of drug-likeness (QED) is 0.758. The molecule has 32 heavy (non-hydrogen) atoms. The summed E-state index contributed by atoms with van der Waals surface area (Å²) in [6, 6.07) is 19.6. The summed E-state index contributed by atoms with van der Waals surface area (Å²) in [4.78, 5) is 16.1. The monoisotopic (exact) mass is 433 g/mol. The van der Waals surface area contributed by atoms with Gasteiger partial charge in [-0.15, -0.1) is 0 Å². The molecule has 3 fully saturated rings. The van der Waals surface area contributed by atoms with E-state index in [0.717, 1.165) is 70.6 Å². The number of piperidine rings is 1. The molecule has 0 radical (unpaired) electrons. The molecule has 2 aliphatic heterocycles. The lowest BCUT2D eigenvalue weighted by Crippen LogP contribution is -2.60. The highest BCUT2D eigenvalue weighted by Gasteiger charge is 2.50. The first-order chi connectivity index (χ1) is 15.7. The lowest BCUT2D eigenvalue weighted by Gasteiger charge is -2.50. The molecule has 2 saturated heterocycles. The minimum atomic E-state index is -0.259. The third kappa shape index (κ3) is 4.47. The van der Waals surface area contributed by atoms with Crippen molar-refractivity contribution in [1.29, 1.82) is 0 Å². The van der Waals surface area contributed by atoms with Gasteiger partial charge in [0, 0.05) is 32.2 Å². The Kier molecular flexibility index (Phi) is 6.58. The zero-order valence-electron chi connectivity index (χ0n) is 18.9. The van der Waals surface area contributed by atoms with Gasteiger partial charge in [-0.1, -0.05) is 54.6 Å².